The molecule has 104 valence electrons. The number of carboxylic acids is 1. The van der Waals surface area contributed by atoms with Crippen LogP contribution >= 0.6 is 0 Å². The summed E-state index contributed by atoms with van der Waals surface area (Å²) in [4.78, 5) is 19.8. The minimum atomic E-state index is -0.946. The van der Waals surface area contributed by atoms with E-state index in [1.807, 2.05) is 32.0 Å². The molecule has 0 aliphatic rings. The molecule has 0 fully saturated rings. The number of carboxylic acid groups (broad SMARTS) is 1. The molecule has 2 heterocycles. The molecule has 0 unspecified atom stereocenters. The summed E-state index contributed by atoms with van der Waals surface area (Å²) in [5.74, 6) is -0.385. The maximum atomic E-state index is 11.1. The minimum absolute atomic E-state index is 0.247. The van der Waals surface area contributed by atoms with Gasteiger partial charge in [0.15, 0.2) is 0 Å². The summed E-state index contributed by atoms with van der Waals surface area (Å²) in [5.41, 5.74) is 2.84. The van der Waals surface area contributed by atoms with Crippen molar-refractivity contribution in [2.45, 2.75) is 26.8 Å². The molecule has 2 N–H and O–H groups in total. The van der Waals surface area contributed by atoms with E-state index in [9.17, 15) is 4.79 Å². The first-order valence-corrected chi connectivity index (χ1v) is 6.49. The Morgan fingerprint density at radius 2 is 2.05 bits per heavy atom. The van der Waals surface area contributed by atoms with Crippen molar-refractivity contribution in [2.75, 3.05) is 5.32 Å². The van der Waals surface area contributed by atoms with Crippen LogP contribution in [0.1, 0.15) is 34.4 Å². The van der Waals surface area contributed by atoms with Crippen molar-refractivity contribution in [3.05, 3.63) is 53.0 Å². The summed E-state index contributed by atoms with van der Waals surface area (Å²) < 4.78 is 0. The highest BCUT2D eigenvalue weighted by molar-refractivity contribution is 5.88. The number of carbonyl (C=O) groups is 1. The Morgan fingerprint density at radius 3 is 2.70 bits per heavy atom. The Bertz CT molecular complexity index is 626. The Balaban J connectivity index is 2.16. The van der Waals surface area contributed by atoms with E-state index in [1.165, 1.54) is 6.07 Å². The Labute approximate surface area is 117 Å². The van der Waals surface area contributed by atoms with Gasteiger partial charge in [0.25, 0.3) is 0 Å². The van der Waals surface area contributed by atoms with Crippen molar-refractivity contribution in [3.8, 4) is 0 Å². The number of hydrogen-bond donors (Lipinski definition) is 2. The van der Waals surface area contributed by atoms with E-state index in [0.29, 0.717) is 18.8 Å². The molecule has 5 heteroatoms. The fraction of sp³-hybridized carbons (Fsp3) is 0.267. The molecule has 0 aromatic carbocycles. The fourth-order valence-corrected chi connectivity index (χ4v) is 1.86. The first-order chi connectivity index (χ1) is 9.58. The molecule has 0 spiro atoms. The third kappa shape index (κ3) is 3.54. The lowest BCUT2D eigenvalue weighted by Gasteiger charge is -2.08. The smallest absolute Gasteiger partial charge is 0.335 e. The molecule has 2 rings (SSSR count). The van der Waals surface area contributed by atoms with Gasteiger partial charge < -0.3 is 10.4 Å². The number of hydrogen-bond acceptors (Lipinski definition) is 4. The predicted octanol–water partition coefficient (Wildman–Crippen LogP) is 2.66. The van der Waals surface area contributed by atoms with Gasteiger partial charge >= 0.3 is 5.97 Å². The highest BCUT2D eigenvalue weighted by Crippen LogP contribution is 2.12. The van der Waals surface area contributed by atoms with Gasteiger partial charge in [-0.3, -0.25) is 4.98 Å². The molecule has 0 aliphatic carbocycles. The monoisotopic (exact) mass is 271 g/mol. The van der Waals surface area contributed by atoms with Gasteiger partial charge in [0.2, 0.25) is 0 Å². The molecule has 0 radical (unpaired) electrons. The van der Waals surface area contributed by atoms with Gasteiger partial charge in [-0.2, -0.15) is 0 Å². The molecule has 2 aromatic heterocycles. The first-order valence-electron chi connectivity index (χ1n) is 6.49. The summed E-state index contributed by atoms with van der Waals surface area (Å²) in [6, 6.07) is 8.93. The van der Waals surface area contributed by atoms with Crippen LogP contribution in [0.3, 0.4) is 0 Å². The molecule has 2 aromatic rings. The zero-order valence-electron chi connectivity index (χ0n) is 11.6. The summed E-state index contributed by atoms with van der Waals surface area (Å²) in [7, 11) is 0. The van der Waals surface area contributed by atoms with Crippen LogP contribution in [0, 0.1) is 6.92 Å². The summed E-state index contributed by atoms with van der Waals surface area (Å²) in [6.45, 7) is 4.39. The van der Waals surface area contributed by atoms with Crippen LogP contribution in [0.2, 0.25) is 0 Å². The maximum absolute atomic E-state index is 11.1. The second kappa shape index (κ2) is 6.14. The topological polar surface area (TPSA) is 75.1 Å². The molecular formula is C15H17N3O2. The van der Waals surface area contributed by atoms with E-state index < -0.39 is 5.97 Å². The van der Waals surface area contributed by atoms with Gasteiger partial charge in [0, 0.05) is 11.4 Å². The highest BCUT2D eigenvalue weighted by Gasteiger charge is 2.07. The van der Waals surface area contributed by atoms with E-state index in [2.05, 4.69) is 15.3 Å². The standard InChI is InChI=1S/C15H17N3O2/c1-3-12-7-11(15(19)20)8-14(18-12)16-9-13-6-4-5-10(2)17-13/h4-8H,3,9H2,1-2H3,(H,16,18)(H,19,20). The van der Waals surface area contributed by atoms with Crippen LogP contribution in [0.5, 0.6) is 0 Å². The van der Waals surface area contributed by atoms with Crippen molar-refractivity contribution in [1.29, 1.82) is 0 Å². The van der Waals surface area contributed by atoms with Crippen LogP contribution < -0.4 is 5.32 Å². The molecule has 0 bridgehead atoms. The van der Waals surface area contributed by atoms with E-state index in [0.717, 1.165) is 17.1 Å². The largest absolute Gasteiger partial charge is 0.478 e. The zero-order valence-corrected chi connectivity index (χ0v) is 11.6. The minimum Gasteiger partial charge on any atom is -0.478 e. The average molecular weight is 271 g/mol. The number of anilines is 1. The van der Waals surface area contributed by atoms with Gasteiger partial charge in [0.1, 0.15) is 5.82 Å². The van der Waals surface area contributed by atoms with E-state index in [-0.39, 0.29) is 5.56 Å². The van der Waals surface area contributed by atoms with Crippen LogP contribution in [-0.4, -0.2) is 21.0 Å². The third-order valence-electron chi connectivity index (χ3n) is 2.88. The highest BCUT2D eigenvalue weighted by atomic mass is 16.4. The lowest BCUT2D eigenvalue weighted by molar-refractivity contribution is 0.0696. The van der Waals surface area contributed by atoms with Crippen molar-refractivity contribution in [1.82, 2.24) is 9.97 Å². The van der Waals surface area contributed by atoms with Crippen LogP contribution in [0.25, 0.3) is 0 Å². The van der Waals surface area contributed by atoms with Gasteiger partial charge in [-0.25, -0.2) is 9.78 Å². The molecule has 0 amide bonds. The second-order valence-corrected chi connectivity index (χ2v) is 4.51. The van der Waals surface area contributed by atoms with Crippen molar-refractivity contribution in [2.24, 2.45) is 0 Å². The molecule has 0 saturated carbocycles. The normalized spacial score (nSPS) is 10.3. The second-order valence-electron chi connectivity index (χ2n) is 4.51. The number of aromatic carboxylic acids is 1. The number of nitrogens with zero attached hydrogens (tertiary/aromatic N) is 2. The van der Waals surface area contributed by atoms with Gasteiger partial charge in [-0.05, 0) is 37.6 Å². The lowest BCUT2D eigenvalue weighted by Crippen LogP contribution is -2.07. The molecule has 0 atom stereocenters. The Hall–Kier alpha value is -2.43. The van der Waals surface area contributed by atoms with Crippen molar-refractivity contribution >= 4 is 11.8 Å². The van der Waals surface area contributed by atoms with E-state index in [1.54, 1.807) is 6.07 Å². The average Bonchev–Trinajstić information content (AvgIpc) is 2.45. The van der Waals surface area contributed by atoms with Crippen LogP contribution in [-0.2, 0) is 13.0 Å². The number of pyridine rings is 2. The third-order valence-corrected chi connectivity index (χ3v) is 2.88. The van der Waals surface area contributed by atoms with Gasteiger partial charge in [0.05, 0.1) is 17.8 Å². The first kappa shape index (κ1) is 14.0. The molecular weight excluding hydrogens is 254 g/mol. The number of aromatic nitrogens is 2. The fourth-order valence-electron chi connectivity index (χ4n) is 1.86. The quantitative estimate of drug-likeness (QED) is 0.874. The van der Waals surface area contributed by atoms with E-state index >= 15 is 0 Å². The van der Waals surface area contributed by atoms with E-state index in [4.69, 9.17) is 5.11 Å². The number of nitrogens with one attached hydrogen (secondary N) is 1. The van der Waals surface area contributed by atoms with Crippen molar-refractivity contribution in [3.63, 3.8) is 0 Å². The predicted molar refractivity (Wildman–Crippen MR) is 76.9 cm³/mol. The van der Waals surface area contributed by atoms with Gasteiger partial charge in [-0.15, -0.1) is 0 Å². The zero-order chi connectivity index (χ0) is 14.5. The Morgan fingerprint density at radius 1 is 1.25 bits per heavy atom. The number of rotatable bonds is 5. The van der Waals surface area contributed by atoms with Gasteiger partial charge in [-0.1, -0.05) is 13.0 Å². The molecule has 5 nitrogen and oxygen atoms in total. The van der Waals surface area contributed by atoms with Crippen molar-refractivity contribution < 1.29 is 9.90 Å². The van der Waals surface area contributed by atoms with Crippen LogP contribution in [0.4, 0.5) is 5.82 Å². The Kier molecular flexibility index (Phi) is 4.30. The SMILES string of the molecule is CCc1cc(C(=O)O)cc(NCc2cccc(C)n2)n1. The molecule has 20 heavy (non-hydrogen) atoms. The summed E-state index contributed by atoms with van der Waals surface area (Å²) >= 11 is 0. The molecule has 0 saturated heterocycles. The van der Waals surface area contributed by atoms with Crippen LogP contribution in [0.15, 0.2) is 30.3 Å². The molecule has 0 aliphatic heterocycles. The summed E-state index contributed by atoms with van der Waals surface area (Å²) in [5, 5.41) is 12.2. The summed E-state index contributed by atoms with van der Waals surface area (Å²) in [6.07, 6.45) is 0.693. The maximum Gasteiger partial charge on any atom is 0.335 e. The number of aryl methyl sites for hydroxylation is 2. The lowest BCUT2D eigenvalue weighted by atomic mass is 10.2.